The molecule has 2 N–H and O–H groups in total. The van der Waals surface area contributed by atoms with Gasteiger partial charge in [-0.05, 0) is 24.1 Å². The number of aromatic nitrogens is 3. The van der Waals surface area contributed by atoms with Crippen molar-refractivity contribution in [2.75, 3.05) is 0 Å². The molecule has 0 spiro atoms. The molecule has 116 valence electrons. The van der Waals surface area contributed by atoms with Gasteiger partial charge in [0.25, 0.3) is 0 Å². The first kappa shape index (κ1) is 15.7. The maximum absolute atomic E-state index is 11.4. The lowest BCUT2D eigenvalue weighted by Gasteiger charge is -2.22. The van der Waals surface area contributed by atoms with Crippen LogP contribution in [0.5, 0.6) is 0 Å². The van der Waals surface area contributed by atoms with Gasteiger partial charge in [0.1, 0.15) is 0 Å². The molecule has 0 aliphatic rings. The lowest BCUT2D eigenvalue weighted by molar-refractivity contribution is -0.164. The first-order valence-electron chi connectivity index (χ1n) is 6.86. The Balaban J connectivity index is 2.17. The quantitative estimate of drug-likeness (QED) is 0.750. The molecule has 7 heteroatoms. The van der Waals surface area contributed by atoms with Gasteiger partial charge in [-0.25, -0.2) is 0 Å². The summed E-state index contributed by atoms with van der Waals surface area (Å²) in [5.41, 5.74) is -0.434. The first-order valence-corrected chi connectivity index (χ1v) is 6.86. The highest BCUT2D eigenvalue weighted by atomic mass is 16.4. The summed E-state index contributed by atoms with van der Waals surface area (Å²) in [4.78, 5) is 26.9. The van der Waals surface area contributed by atoms with Gasteiger partial charge in [-0.15, -0.1) is 0 Å². The fourth-order valence-electron chi connectivity index (χ4n) is 2.26. The van der Waals surface area contributed by atoms with Gasteiger partial charge in [0.15, 0.2) is 5.41 Å². The zero-order valence-corrected chi connectivity index (χ0v) is 12.1. The highest BCUT2D eigenvalue weighted by Gasteiger charge is 2.45. The zero-order valence-electron chi connectivity index (χ0n) is 12.1. The van der Waals surface area contributed by atoms with E-state index in [0.29, 0.717) is 12.1 Å². The van der Waals surface area contributed by atoms with Crippen molar-refractivity contribution < 1.29 is 19.8 Å². The van der Waals surface area contributed by atoms with Crippen LogP contribution in [-0.2, 0) is 22.6 Å². The Labute approximate surface area is 127 Å². The van der Waals surface area contributed by atoms with Gasteiger partial charge >= 0.3 is 11.9 Å². The van der Waals surface area contributed by atoms with Crippen LogP contribution in [0.25, 0.3) is 0 Å². The number of nitrogens with zero attached hydrogens (tertiary/aromatic N) is 3. The van der Waals surface area contributed by atoms with Gasteiger partial charge in [0, 0.05) is 18.8 Å². The van der Waals surface area contributed by atoms with Gasteiger partial charge < -0.3 is 10.2 Å². The molecule has 0 atom stereocenters. The van der Waals surface area contributed by atoms with E-state index in [-0.39, 0.29) is 12.8 Å². The number of carbonyl (C=O) groups is 2. The summed E-state index contributed by atoms with van der Waals surface area (Å²) < 4.78 is 1.61. The molecule has 22 heavy (non-hydrogen) atoms. The number of aliphatic carboxylic acids is 2. The minimum absolute atomic E-state index is 0.00306. The molecule has 0 aliphatic carbocycles. The van der Waals surface area contributed by atoms with Crippen LogP contribution in [0.15, 0.2) is 36.8 Å². The van der Waals surface area contributed by atoms with E-state index in [1.807, 2.05) is 18.2 Å². The SMILES string of the molecule is CCC(Cc1cnn(Cc2ccccn2)c1)(C(=O)O)C(=O)O. The summed E-state index contributed by atoms with van der Waals surface area (Å²) in [5, 5.41) is 22.7. The first-order chi connectivity index (χ1) is 10.5. The number of hydrogen-bond donors (Lipinski definition) is 2. The molecule has 2 rings (SSSR count). The Morgan fingerprint density at radius 1 is 1.27 bits per heavy atom. The summed E-state index contributed by atoms with van der Waals surface area (Å²) in [5.74, 6) is -2.67. The maximum Gasteiger partial charge on any atom is 0.321 e. The highest BCUT2D eigenvalue weighted by Crippen LogP contribution is 2.28. The smallest absolute Gasteiger partial charge is 0.321 e. The van der Waals surface area contributed by atoms with Crippen LogP contribution < -0.4 is 0 Å². The van der Waals surface area contributed by atoms with Crippen LogP contribution in [0, 0.1) is 5.41 Å². The van der Waals surface area contributed by atoms with E-state index < -0.39 is 17.4 Å². The van der Waals surface area contributed by atoms with Gasteiger partial charge in [-0.3, -0.25) is 19.3 Å². The molecule has 0 bridgehead atoms. The summed E-state index contributed by atoms with van der Waals surface area (Å²) in [7, 11) is 0. The molecule has 7 nitrogen and oxygen atoms in total. The fourth-order valence-corrected chi connectivity index (χ4v) is 2.26. The average molecular weight is 303 g/mol. The third kappa shape index (κ3) is 3.13. The molecule has 2 aromatic rings. The number of rotatable bonds is 7. The van der Waals surface area contributed by atoms with E-state index in [2.05, 4.69) is 10.1 Å². The third-order valence-electron chi connectivity index (χ3n) is 3.67. The van der Waals surface area contributed by atoms with Crippen molar-refractivity contribution in [3.63, 3.8) is 0 Å². The van der Waals surface area contributed by atoms with Crippen molar-refractivity contribution in [1.82, 2.24) is 14.8 Å². The van der Waals surface area contributed by atoms with Crippen LogP contribution in [0.3, 0.4) is 0 Å². The standard InChI is InChI=1S/C15H17N3O4/c1-2-15(13(19)20,14(21)22)7-11-8-17-18(9-11)10-12-5-3-4-6-16-12/h3-6,8-9H,2,7,10H2,1H3,(H,19,20)(H,21,22). The van der Waals surface area contributed by atoms with E-state index in [4.69, 9.17) is 0 Å². The average Bonchev–Trinajstić information content (AvgIpc) is 2.92. The molecular formula is C15H17N3O4. The summed E-state index contributed by atoms with van der Waals surface area (Å²) in [6, 6.07) is 5.53. The Hall–Kier alpha value is -2.70. The molecule has 0 aliphatic heterocycles. The molecule has 0 saturated heterocycles. The number of hydrogen-bond acceptors (Lipinski definition) is 4. The van der Waals surface area contributed by atoms with Crippen molar-refractivity contribution in [2.45, 2.75) is 26.3 Å². The summed E-state index contributed by atoms with van der Waals surface area (Å²) in [6.45, 7) is 2.00. The second kappa shape index (κ2) is 6.38. The Morgan fingerprint density at radius 2 is 2.00 bits per heavy atom. The molecule has 2 heterocycles. The van der Waals surface area contributed by atoms with Crippen LogP contribution in [0.4, 0.5) is 0 Å². The number of carboxylic acids is 2. The Bertz CT molecular complexity index is 652. The van der Waals surface area contributed by atoms with E-state index in [1.165, 1.54) is 6.20 Å². The molecule has 0 amide bonds. The van der Waals surface area contributed by atoms with Crippen molar-refractivity contribution >= 4 is 11.9 Å². The van der Waals surface area contributed by atoms with Crippen LogP contribution in [0.2, 0.25) is 0 Å². The van der Waals surface area contributed by atoms with Crippen LogP contribution in [0.1, 0.15) is 24.6 Å². The normalized spacial score (nSPS) is 11.3. The monoisotopic (exact) mass is 303 g/mol. The topological polar surface area (TPSA) is 105 Å². The highest BCUT2D eigenvalue weighted by molar-refractivity contribution is 5.98. The molecule has 0 aromatic carbocycles. The molecule has 0 fully saturated rings. The van der Waals surface area contributed by atoms with Gasteiger partial charge in [-0.2, -0.15) is 5.10 Å². The Morgan fingerprint density at radius 3 is 2.55 bits per heavy atom. The maximum atomic E-state index is 11.4. The van der Waals surface area contributed by atoms with Gasteiger partial charge in [0.05, 0.1) is 18.4 Å². The second-order valence-electron chi connectivity index (χ2n) is 5.09. The zero-order chi connectivity index (χ0) is 16.2. The predicted molar refractivity (Wildman–Crippen MR) is 77.3 cm³/mol. The van der Waals surface area contributed by atoms with Gasteiger partial charge in [0.2, 0.25) is 0 Å². The lowest BCUT2D eigenvalue weighted by Crippen LogP contribution is -2.40. The van der Waals surface area contributed by atoms with Crippen molar-refractivity contribution in [3.05, 3.63) is 48.0 Å². The van der Waals surface area contributed by atoms with Crippen LogP contribution in [-0.4, -0.2) is 36.9 Å². The van der Waals surface area contributed by atoms with Gasteiger partial charge in [-0.1, -0.05) is 13.0 Å². The molecule has 0 unspecified atom stereocenters. The third-order valence-corrected chi connectivity index (χ3v) is 3.67. The lowest BCUT2D eigenvalue weighted by atomic mass is 9.80. The van der Waals surface area contributed by atoms with E-state index in [0.717, 1.165) is 5.69 Å². The summed E-state index contributed by atoms with van der Waals surface area (Å²) in [6.07, 6.45) is 4.74. The summed E-state index contributed by atoms with van der Waals surface area (Å²) >= 11 is 0. The van der Waals surface area contributed by atoms with Crippen molar-refractivity contribution in [2.24, 2.45) is 5.41 Å². The van der Waals surface area contributed by atoms with Crippen molar-refractivity contribution in [3.8, 4) is 0 Å². The van der Waals surface area contributed by atoms with E-state index in [1.54, 1.807) is 24.0 Å². The predicted octanol–water partition coefficient (Wildman–Crippen LogP) is 1.43. The van der Waals surface area contributed by atoms with E-state index >= 15 is 0 Å². The van der Waals surface area contributed by atoms with E-state index in [9.17, 15) is 19.8 Å². The molecular weight excluding hydrogens is 286 g/mol. The van der Waals surface area contributed by atoms with Crippen LogP contribution >= 0.6 is 0 Å². The number of pyridine rings is 1. The molecule has 0 radical (unpaired) electrons. The fraction of sp³-hybridized carbons (Fsp3) is 0.333. The van der Waals surface area contributed by atoms with Crippen molar-refractivity contribution in [1.29, 1.82) is 0 Å². The number of carboxylic acid groups (broad SMARTS) is 2. The largest absolute Gasteiger partial charge is 0.480 e. The minimum atomic E-state index is -1.82. The minimum Gasteiger partial charge on any atom is -0.480 e. The Kier molecular flexibility index (Phi) is 4.55. The molecule has 0 saturated carbocycles. The second-order valence-corrected chi connectivity index (χ2v) is 5.09. The molecule has 2 aromatic heterocycles.